The number of anilines is 1. The first-order chi connectivity index (χ1) is 25.4. The van der Waals surface area contributed by atoms with Gasteiger partial charge in [-0.25, -0.2) is 8.78 Å². The largest absolute Gasteiger partial charge is 0.494 e. The zero-order valence-corrected chi connectivity index (χ0v) is 30.4. The number of fused-ring (bicyclic) bond motifs is 8. The van der Waals surface area contributed by atoms with E-state index in [2.05, 4.69) is 86.4 Å². The SMILES string of the molecule is CCCCCCOc1ccc(C2(c3ccc(N4CCOCC4)cc3)C=Cc3c4c(c5ccccc5c3O2)-c2cc(F)cc(F)c2C4(CC)CC)cc1. The second-order valence-electron chi connectivity index (χ2n) is 14.4. The molecule has 4 nitrogen and oxygen atoms in total. The maximum Gasteiger partial charge on any atom is 0.178 e. The lowest BCUT2D eigenvalue weighted by Crippen LogP contribution is -2.37. The zero-order chi connectivity index (χ0) is 35.9. The van der Waals surface area contributed by atoms with E-state index in [0.29, 0.717) is 30.6 Å². The van der Waals surface area contributed by atoms with Crippen LogP contribution in [0.5, 0.6) is 11.5 Å². The van der Waals surface area contributed by atoms with E-state index in [0.717, 1.165) is 101 Å². The number of rotatable bonds is 11. The number of halogens is 2. The fourth-order valence-electron chi connectivity index (χ4n) is 8.94. The Bertz CT molecular complexity index is 2110. The van der Waals surface area contributed by atoms with Gasteiger partial charge in [0.25, 0.3) is 0 Å². The van der Waals surface area contributed by atoms with Gasteiger partial charge < -0.3 is 19.1 Å². The van der Waals surface area contributed by atoms with Crippen LogP contribution in [0.15, 0.2) is 91.0 Å². The molecule has 0 saturated carbocycles. The van der Waals surface area contributed by atoms with E-state index < -0.39 is 22.7 Å². The van der Waals surface area contributed by atoms with Gasteiger partial charge in [0.2, 0.25) is 0 Å². The van der Waals surface area contributed by atoms with Crippen LogP contribution in [0.1, 0.15) is 87.1 Å². The van der Waals surface area contributed by atoms with Crippen molar-refractivity contribution in [2.45, 2.75) is 70.3 Å². The van der Waals surface area contributed by atoms with Crippen LogP contribution in [0.3, 0.4) is 0 Å². The number of unbranched alkanes of at least 4 members (excludes halogenated alkanes) is 3. The van der Waals surface area contributed by atoms with Crippen LogP contribution in [0.4, 0.5) is 14.5 Å². The van der Waals surface area contributed by atoms with Crippen LogP contribution >= 0.6 is 0 Å². The Hall–Kier alpha value is -4.68. The molecule has 5 aromatic rings. The van der Waals surface area contributed by atoms with Crippen LogP contribution in [0.25, 0.3) is 28.0 Å². The minimum Gasteiger partial charge on any atom is -0.494 e. The predicted molar refractivity (Wildman–Crippen MR) is 207 cm³/mol. The molecule has 5 aromatic carbocycles. The zero-order valence-electron chi connectivity index (χ0n) is 30.4. The minimum atomic E-state index is -0.961. The van der Waals surface area contributed by atoms with Crippen molar-refractivity contribution < 1.29 is 23.0 Å². The van der Waals surface area contributed by atoms with Crippen molar-refractivity contribution in [3.63, 3.8) is 0 Å². The Morgan fingerprint density at radius 1 is 0.769 bits per heavy atom. The fourth-order valence-corrected chi connectivity index (χ4v) is 8.94. The molecule has 0 spiro atoms. The van der Waals surface area contributed by atoms with Crippen LogP contribution in [0.2, 0.25) is 0 Å². The summed E-state index contributed by atoms with van der Waals surface area (Å²) >= 11 is 0. The monoisotopic (exact) mass is 699 g/mol. The fraction of sp³-hybridized carbons (Fsp3) is 0.348. The van der Waals surface area contributed by atoms with E-state index in [1.165, 1.54) is 18.9 Å². The van der Waals surface area contributed by atoms with E-state index in [4.69, 9.17) is 14.2 Å². The number of ether oxygens (including phenoxy) is 3. The van der Waals surface area contributed by atoms with Gasteiger partial charge in [-0.05, 0) is 77.7 Å². The summed E-state index contributed by atoms with van der Waals surface area (Å²) in [6.45, 7) is 10.3. The Morgan fingerprint density at radius 3 is 2.15 bits per heavy atom. The van der Waals surface area contributed by atoms with Gasteiger partial charge in [-0.3, -0.25) is 0 Å². The summed E-state index contributed by atoms with van der Waals surface area (Å²) in [6, 6.07) is 27.7. The summed E-state index contributed by atoms with van der Waals surface area (Å²) in [5.41, 5.74) is 5.61. The van der Waals surface area contributed by atoms with Crippen molar-refractivity contribution in [1.82, 2.24) is 0 Å². The second-order valence-corrected chi connectivity index (χ2v) is 14.4. The highest BCUT2D eigenvalue weighted by atomic mass is 19.1. The normalized spacial score (nSPS) is 18.5. The third kappa shape index (κ3) is 5.58. The molecule has 1 aliphatic carbocycles. The molecule has 1 unspecified atom stereocenters. The second kappa shape index (κ2) is 14.0. The highest BCUT2D eigenvalue weighted by Gasteiger charge is 2.48. The molecular formula is C46H47F2NO3. The van der Waals surface area contributed by atoms with E-state index in [-0.39, 0.29) is 0 Å². The lowest BCUT2D eigenvalue weighted by Gasteiger charge is -2.39. The molecule has 1 fully saturated rings. The van der Waals surface area contributed by atoms with Gasteiger partial charge in [0, 0.05) is 57.9 Å². The summed E-state index contributed by atoms with van der Waals surface area (Å²) in [6.07, 6.45) is 10.3. The molecule has 0 radical (unpaired) electrons. The molecule has 8 rings (SSSR count). The van der Waals surface area contributed by atoms with E-state index in [9.17, 15) is 4.39 Å². The summed E-state index contributed by atoms with van der Waals surface area (Å²) in [5.74, 6) is 0.539. The summed E-state index contributed by atoms with van der Waals surface area (Å²) < 4.78 is 50.2. The quantitative estimate of drug-likeness (QED) is 0.128. The van der Waals surface area contributed by atoms with Crippen molar-refractivity contribution in [3.05, 3.63) is 130 Å². The van der Waals surface area contributed by atoms with Gasteiger partial charge in [-0.1, -0.05) is 94.6 Å². The van der Waals surface area contributed by atoms with Gasteiger partial charge in [0.1, 0.15) is 23.1 Å². The number of hydrogen-bond donors (Lipinski definition) is 0. The third-order valence-corrected chi connectivity index (χ3v) is 11.7. The van der Waals surface area contributed by atoms with Crippen LogP contribution in [-0.2, 0) is 15.8 Å². The number of nitrogens with zero attached hydrogens (tertiary/aromatic N) is 1. The van der Waals surface area contributed by atoms with E-state index in [1.54, 1.807) is 0 Å². The number of morpholine rings is 1. The lowest BCUT2D eigenvalue weighted by molar-refractivity contribution is 0.122. The van der Waals surface area contributed by atoms with E-state index >= 15 is 4.39 Å². The molecule has 0 aromatic heterocycles. The molecule has 2 aliphatic heterocycles. The molecule has 52 heavy (non-hydrogen) atoms. The topological polar surface area (TPSA) is 30.9 Å². The molecule has 268 valence electrons. The number of benzene rings is 5. The maximum atomic E-state index is 16.0. The van der Waals surface area contributed by atoms with Gasteiger partial charge >= 0.3 is 0 Å². The molecule has 1 atom stereocenters. The van der Waals surface area contributed by atoms with Crippen molar-refractivity contribution in [2.24, 2.45) is 0 Å². The van der Waals surface area contributed by atoms with Gasteiger partial charge in [0.05, 0.1) is 19.8 Å². The third-order valence-electron chi connectivity index (χ3n) is 11.7. The summed E-state index contributed by atoms with van der Waals surface area (Å²) in [5, 5.41) is 1.85. The van der Waals surface area contributed by atoms with Crippen LogP contribution in [-0.4, -0.2) is 32.9 Å². The Morgan fingerprint density at radius 2 is 1.46 bits per heavy atom. The van der Waals surface area contributed by atoms with Gasteiger partial charge in [-0.15, -0.1) is 0 Å². The van der Waals surface area contributed by atoms with Crippen molar-refractivity contribution in [1.29, 1.82) is 0 Å². The predicted octanol–water partition coefficient (Wildman–Crippen LogP) is 11.3. The first-order valence-electron chi connectivity index (χ1n) is 19.1. The first kappa shape index (κ1) is 34.4. The van der Waals surface area contributed by atoms with Crippen molar-refractivity contribution in [3.8, 4) is 22.6 Å². The number of hydrogen-bond acceptors (Lipinski definition) is 4. The Labute approximate surface area is 306 Å². The average molecular weight is 700 g/mol. The van der Waals surface area contributed by atoms with Crippen LogP contribution < -0.4 is 14.4 Å². The summed E-state index contributed by atoms with van der Waals surface area (Å²) in [4.78, 5) is 2.35. The smallest absolute Gasteiger partial charge is 0.178 e. The molecule has 0 bridgehead atoms. The van der Waals surface area contributed by atoms with Crippen LogP contribution in [0, 0.1) is 11.6 Å². The minimum absolute atomic E-state index is 0.490. The summed E-state index contributed by atoms with van der Waals surface area (Å²) in [7, 11) is 0. The Balaban J connectivity index is 1.29. The highest BCUT2D eigenvalue weighted by Crippen LogP contribution is 2.61. The molecule has 0 amide bonds. The van der Waals surface area contributed by atoms with E-state index in [1.807, 2.05) is 24.3 Å². The molecule has 1 saturated heterocycles. The molecular weight excluding hydrogens is 653 g/mol. The first-order valence-corrected chi connectivity index (χ1v) is 19.1. The van der Waals surface area contributed by atoms with Crippen molar-refractivity contribution in [2.75, 3.05) is 37.8 Å². The Kier molecular flexibility index (Phi) is 9.29. The van der Waals surface area contributed by atoms with Gasteiger partial charge in [0.15, 0.2) is 5.60 Å². The van der Waals surface area contributed by atoms with Crippen molar-refractivity contribution >= 4 is 22.5 Å². The molecule has 0 N–H and O–H groups in total. The highest BCUT2D eigenvalue weighted by molar-refractivity contribution is 6.08. The standard InChI is InChI=1S/C46H47F2NO3/c1-4-7-8-11-26-51-35-20-16-32(17-21-35)46(31-14-18-34(19-15-31)49-24-27-50-28-25-49)23-22-38-43-41(36-12-9-10-13-37(36)44(38)52-46)39-29-33(47)30-40(48)42(39)45(43,5-2)6-3/h9-10,12-23,29-30H,4-8,11,24-28H2,1-3H3. The molecule has 3 aliphatic rings. The molecule has 2 heterocycles. The average Bonchev–Trinajstić information content (AvgIpc) is 3.49. The molecule has 6 heteroatoms. The maximum absolute atomic E-state index is 16.0. The van der Waals surface area contributed by atoms with Gasteiger partial charge in [-0.2, -0.15) is 0 Å². The lowest BCUT2D eigenvalue weighted by atomic mass is 9.71.